The molecular weight excluding hydrogens is 292 g/mol. The van der Waals surface area contributed by atoms with Crippen molar-refractivity contribution in [1.82, 2.24) is 10.3 Å². The molecule has 0 unspecified atom stereocenters. The lowest BCUT2D eigenvalue weighted by Gasteiger charge is -2.24. The molecule has 0 saturated carbocycles. The average Bonchev–Trinajstić information content (AvgIpc) is 2.56. The van der Waals surface area contributed by atoms with Gasteiger partial charge in [0.05, 0.1) is 17.6 Å². The molecule has 3 nitrogen and oxygen atoms in total. The predicted molar refractivity (Wildman–Crippen MR) is 93.0 cm³/mol. The quantitative estimate of drug-likeness (QED) is 0.732. The molecule has 0 bridgehead atoms. The predicted octanol–water partition coefficient (Wildman–Crippen LogP) is 3.52. The van der Waals surface area contributed by atoms with Gasteiger partial charge in [-0.25, -0.2) is 0 Å². The van der Waals surface area contributed by atoms with E-state index in [1.165, 1.54) is 4.90 Å². The molecule has 0 aliphatic heterocycles. The van der Waals surface area contributed by atoms with E-state index in [4.69, 9.17) is 0 Å². The van der Waals surface area contributed by atoms with Crippen LogP contribution >= 0.6 is 11.8 Å². The number of nitrogens with zero attached hydrogens (tertiary/aromatic N) is 1. The van der Waals surface area contributed by atoms with E-state index in [1.54, 1.807) is 11.8 Å². The smallest absolute Gasteiger partial charge is 0.0641 e. The number of hydrogen-bond donors (Lipinski definition) is 2. The van der Waals surface area contributed by atoms with Crippen LogP contribution in [0, 0.1) is 5.92 Å². The Bertz CT molecular complexity index is 533. The summed E-state index contributed by atoms with van der Waals surface area (Å²) in [5.41, 5.74) is 1.06. The van der Waals surface area contributed by atoms with E-state index in [0.717, 1.165) is 12.2 Å². The SMILES string of the molecule is CC(C)[C@@H](CO)NC[C@@H](Sc1ccccc1)c1ccccn1. The molecule has 0 radical (unpaired) electrons. The van der Waals surface area contributed by atoms with Crippen molar-refractivity contribution in [2.24, 2.45) is 5.92 Å². The molecule has 1 aromatic heterocycles. The van der Waals surface area contributed by atoms with Gasteiger partial charge in [-0.2, -0.15) is 0 Å². The van der Waals surface area contributed by atoms with Crippen LogP contribution in [0.2, 0.25) is 0 Å². The highest BCUT2D eigenvalue weighted by molar-refractivity contribution is 7.99. The second kappa shape index (κ2) is 8.93. The molecule has 0 spiro atoms. The first-order valence-electron chi connectivity index (χ1n) is 7.67. The van der Waals surface area contributed by atoms with Crippen molar-refractivity contribution in [3.8, 4) is 0 Å². The van der Waals surface area contributed by atoms with Crippen molar-refractivity contribution in [3.63, 3.8) is 0 Å². The lowest BCUT2D eigenvalue weighted by atomic mass is 10.1. The number of pyridine rings is 1. The van der Waals surface area contributed by atoms with E-state index in [1.807, 2.05) is 24.4 Å². The third kappa shape index (κ3) is 5.13. The molecule has 2 N–H and O–H groups in total. The summed E-state index contributed by atoms with van der Waals surface area (Å²) in [6.45, 7) is 5.17. The van der Waals surface area contributed by atoms with Gasteiger partial charge in [0.15, 0.2) is 0 Å². The topological polar surface area (TPSA) is 45.1 Å². The number of aliphatic hydroxyl groups excluding tert-OH is 1. The van der Waals surface area contributed by atoms with Gasteiger partial charge in [-0.3, -0.25) is 4.98 Å². The molecule has 118 valence electrons. The van der Waals surface area contributed by atoms with Crippen LogP contribution in [0.4, 0.5) is 0 Å². The number of rotatable bonds is 8. The first-order chi connectivity index (χ1) is 10.7. The number of benzene rings is 1. The molecule has 2 atom stereocenters. The molecule has 0 aliphatic carbocycles. The molecule has 22 heavy (non-hydrogen) atoms. The largest absolute Gasteiger partial charge is 0.395 e. The monoisotopic (exact) mass is 316 g/mol. The summed E-state index contributed by atoms with van der Waals surface area (Å²) in [4.78, 5) is 5.73. The Morgan fingerprint density at radius 1 is 1.09 bits per heavy atom. The summed E-state index contributed by atoms with van der Waals surface area (Å²) in [7, 11) is 0. The highest BCUT2D eigenvalue weighted by Gasteiger charge is 2.18. The molecule has 1 heterocycles. The summed E-state index contributed by atoms with van der Waals surface area (Å²) in [6.07, 6.45) is 1.83. The van der Waals surface area contributed by atoms with Crippen molar-refractivity contribution in [2.75, 3.05) is 13.2 Å². The van der Waals surface area contributed by atoms with Gasteiger partial charge in [0.1, 0.15) is 0 Å². The molecule has 0 fully saturated rings. The summed E-state index contributed by atoms with van der Waals surface area (Å²) in [5.74, 6) is 0.399. The van der Waals surface area contributed by atoms with Crippen LogP contribution < -0.4 is 5.32 Å². The third-order valence-corrected chi connectivity index (χ3v) is 4.84. The fourth-order valence-electron chi connectivity index (χ4n) is 2.21. The van der Waals surface area contributed by atoms with E-state index >= 15 is 0 Å². The molecule has 2 rings (SSSR count). The zero-order valence-electron chi connectivity index (χ0n) is 13.1. The number of hydrogen-bond acceptors (Lipinski definition) is 4. The zero-order chi connectivity index (χ0) is 15.8. The van der Waals surface area contributed by atoms with Gasteiger partial charge in [-0.15, -0.1) is 11.8 Å². The second-order valence-corrected chi connectivity index (χ2v) is 6.89. The lowest BCUT2D eigenvalue weighted by Crippen LogP contribution is -2.39. The molecule has 0 saturated heterocycles. The standard InChI is InChI=1S/C18H24N2OS/c1-14(2)17(13-21)20-12-18(16-10-6-7-11-19-16)22-15-8-4-3-5-9-15/h3-11,14,17-18,20-21H,12-13H2,1-2H3/t17-,18-/m1/s1. The number of aliphatic hydroxyl groups is 1. The molecular formula is C18H24N2OS. The van der Waals surface area contributed by atoms with E-state index in [0.29, 0.717) is 5.92 Å². The summed E-state index contributed by atoms with van der Waals surface area (Å²) in [5, 5.41) is 13.2. The molecule has 1 aromatic carbocycles. The lowest BCUT2D eigenvalue weighted by molar-refractivity contribution is 0.211. The van der Waals surface area contributed by atoms with E-state index in [2.05, 4.69) is 54.5 Å². The van der Waals surface area contributed by atoms with Crippen molar-refractivity contribution in [3.05, 3.63) is 60.4 Å². The van der Waals surface area contributed by atoms with Crippen molar-refractivity contribution >= 4 is 11.8 Å². The summed E-state index contributed by atoms with van der Waals surface area (Å²) >= 11 is 1.80. The average molecular weight is 316 g/mol. The first-order valence-corrected chi connectivity index (χ1v) is 8.55. The van der Waals surface area contributed by atoms with Crippen LogP contribution in [0.1, 0.15) is 24.8 Å². The van der Waals surface area contributed by atoms with Gasteiger partial charge in [0, 0.05) is 23.7 Å². The van der Waals surface area contributed by atoms with E-state index in [9.17, 15) is 5.11 Å². The van der Waals surface area contributed by atoms with Gasteiger partial charge < -0.3 is 10.4 Å². The third-order valence-electron chi connectivity index (χ3n) is 3.61. The second-order valence-electron chi connectivity index (χ2n) is 5.62. The van der Waals surface area contributed by atoms with Crippen LogP contribution in [0.5, 0.6) is 0 Å². The molecule has 2 aromatic rings. The summed E-state index contributed by atoms with van der Waals surface area (Å²) < 4.78 is 0. The molecule has 0 aliphatic rings. The number of thioether (sulfide) groups is 1. The maximum atomic E-state index is 9.48. The van der Waals surface area contributed by atoms with Gasteiger partial charge in [-0.1, -0.05) is 38.1 Å². The van der Waals surface area contributed by atoms with Crippen LogP contribution in [0.15, 0.2) is 59.6 Å². The fourth-order valence-corrected chi connectivity index (χ4v) is 3.29. The summed E-state index contributed by atoms with van der Waals surface area (Å²) in [6, 6.07) is 16.5. The molecule has 0 amide bonds. The van der Waals surface area contributed by atoms with Gasteiger partial charge in [0.25, 0.3) is 0 Å². The van der Waals surface area contributed by atoms with Crippen molar-refractivity contribution < 1.29 is 5.11 Å². The Balaban J connectivity index is 2.08. The minimum absolute atomic E-state index is 0.114. The highest BCUT2D eigenvalue weighted by atomic mass is 32.2. The van der Waals surface area contributed by atoms with E-state index < -0.39 is 0 Å². The number of nitrogens with one attached hydrogen (secondary N) is 1. The zero-order valence-corrected chi connectivity index (χ0v) is 14.0. The Labute approximate surface area is 137 Å². The van der Waals surface area contributed by atoms with Gasteiger partial charge in [-0.05, 0) is 30.2 Å². The first kappa shape index (κ1) is 17.0. The Hall–Kier alpha value is -1.36. The minimum atomic E-state index is 0.114. The maximum Gasteiger partial charge on any atom is 0.0641 e. The highest BCUT2D eigenvalue weighted by Crippen LogP contribution is 2.33. The van der Waals surface area contributed by atoms with Crippen molar-refractivity contribution in [1.29, 1.82) is 0 Å². The Kier molecular flexibility index (Phi) is 6.90. The van der Waals surface area contributed by atoms with Crippen LogP contribution in [0.25, 0.3) is 0 Å². The Morgan fingerprint density at radius 2 is 1.82 bits per heavy atom. The number of aromatic nitrogens is 1. The Morgan fingerprint density at radius 3 is 2.41 bits per heavy atom. The van der Waals surface area contributed by atoms with Crippen molar-refractivity contribution in [2.45, 2.75) is 30.0 Å². The van der Waals surface area contributed by atoms with Crippen LogP contribution in [0.3, 0.4) is 0 Å². The fraction of sp³-hybridized carbons (Fsp3) is 0.389. The molecule has 4 heteroatoms. The van der Waals surface area contributed by atoms with Crippen LogP contribution in [-0.4, -0.2) is 29.3 Å². The normalized spacial score (nSPS) is 14.0. The van der Waals surface area contributed by atoms with Gasteiger partial charge in [0.2, 0.25) is 0 Å². The van der Waals surface area contributed by atoms with Gasteiger partial charge >= 0.3 is 0 Å². The minimum Gasteiger partial charge on any atom is -0.395 e. The maximum absolute atomic E-state index is 9.48. The van der Waals surface area contributed by atoms with Crippen LogP contribution in [-0.2, 0) is 0 Å². The van der Waals surface area contributed by atoms with E-state index in [-0.39, 0.29) is 17.9 Å².